The lowest BCUT2D eigenvalue weighted by atomic mass is 10.1. The average Bonchev–Trinajstić information content (AvgIpc) is 2.68. The van der Waals surface area contributed by atoms with Crippen molar-refractivity contribution in [3.63, 3.8) is 0 Å². The van der Waals surface area contributed by atoms with Gasteiger partial charge >= 0.3 is 0 Å². The Kier molecular flexibility index (Phi) is 6.12. The zero-order valence-electron chi connectivity index (χ0n) is 13.6. The second-order valence-corrected chi connectivity index (χ2v) is 5.75. The Balaban J connectivity index is 2.10. The van der Waals surface area contributed by atoms with E-state index in [1.165, 1.54) is 0 Å². The molecular weight excluding hydrogens is 294 g/mol. The zero-order chi connectivity index (χ0) is 16.8. The maximum absolute atomic E-state index is 12.7. The van der Waals surface area contributed by atoms with Gasteiger partial charge in [0.1, 0.15) is 12.3 Å². The van der Waals surface area contributed by atoms with E-state index in [-0.39, 0.29) is 11.8 Å². The van der Waals surface area contributed by atoms with E-state index in [0.29, 0.717) is 31.5 Å². The van der Waals surface area contributed by atoms with E-state index in [2.05, 4.69) is 11.9 Å². The molecule has 6 nitrogen and oxygen atoms in total. The molecule has 0 aromatic carbocycles. The number of nitrogens with one attached hydrogen (secondary N) is 1. The minimum atomic E-state index is -0.664. The molecule has 0 aromatic rings. The van der Waals surface area contributed by atoms with Gasteiger partial charge in [-0.1, -0.05) is 24.8 Å². The fourth-order valence-electron chi connectivity index (χ4n) is 2.95. The fourth-order valence-corrected chi connectivity index (χ4v) is 2.95. The molecule has 2 aliphatic rings. The second-order valence-electron chi connectivity index (χ2n) is 5.75. The van der Waals surface area contributed by atoms with Crippen LogP contribution in [0.15, 0.2) is 36.5 Å². The smallest absolute Gasteiger partial charge is 0.259 e. The number of aliphatic hydroxyl groups excluding tert-OH is 1. The van der Waals surface area contributed by atoms with Gasteiger partial charge in [0.25, 0.3) is 11.8 Å². The lowest BCUT2D eigenvalue weighted by Crippen LogP contribution is -2.57. The molecule has 2 amide bonds. The molecule has 6 heteroatoms. The summed E-state index contributed by atoms with van der Waals surface area (Å²) in [6.07, 6.45) is 8.73. The minimum Gasteiger partial charge on any atom is -0.377 e. The third-order valence-corrected chi connectivity index (χ3v) is 4.22. The fraction of sp³-hybridized carbons (Fsp3) is 0.529. The number of fused-ring (bicyclic) bond motifs is 1. The van der Waals surface area contributed by atoms with E-state index in [9.17, 15) is 14.7 Å². The monoisotopic (exact) mass is 319 g/mol. The molecule has 2 rings (SSSR count). The van der Waals surface area contributed by atoms with Crippen LogP contribution in [0.5, 0.6) is 0 Å². The molecule has 0 aliphatic carbocycles. The molecule has 2 heterocycles. The van der Waals surface area contributed by atoms with Crippen molar-refractivity contribution in [3.8, 4) is 0 Å². The summed E-state index contributed by atoms with van der Waals surface area (Å²) in [6, 6.07) is -0.604. The summed E-state index contributed by atoms with van der Waals surface area (Å²) in [4.78, 5) is 25.0. The van der Waals surface area contributed by atoms with Gasteiger partial charge in [-0.3, -0.25) is 14.6 Å². The molecule has 0 aromatic heterocycles. The predicted octanol–water partition coefficient (Wildman–Crippen LogP) is 1.11. The highest BCUT2D eigenvalue weighted by Crippen LogP contribution is 2.22. The van der Waals surface area contributed by atoms with E-state index in [0.717, 1.165) is 12.8 Å². The number of carbonyl (C=O) groups excluding carboxylic acids is 2. The van der Waals surface area contributed by atoms with Crippen LogP contribution in [0.2, 0.25) is 0 Å². The van der Waals surface area contributed by atoms with Crippen molar-refractivity contribution < 1.29 is 14.7 Å². The van der Waals surface area contributed by atoms with Crippen molar-refractivity contribution in [2.45, 2.75) is 44.9 Å². The molecule has 0 radical (unpaired) electrons. The van der Waals surface area contributed by atoms with Crippen molar-refractivity contribution in [2.75, 3.05) is 13.1 Å². The number of aliphatic hydroxyl groups is 1. The van der Waals surface area contributed by atoms with Crippen LogP contribution in [0.3, 0.4) is 0 Å². The third kappa shape index (κ3) is 4.09. The first-order chi connectivity index (χ1) is 11.1. The van der Waals surface area contributed by atoms with Gasteiger partial charge in [0, 0.05) is 18.7 Å². The maximum Gasteiger partial charge on any atom is 0.259 e. The Bertz CT molecular complexity index is 527. The molecule has 0 bridgehead atoms. The molecular formula is C17H25N3O3. The van der Waals surface area contributed by atoms with Gasteiger partial charge in [-0.2, -0.15) is 5.01 Å². The molecule has 126 valence electrons. The molecule has 2 fully saturated rings. The summed E-state index contributed by atoms with van der Waals surface area (Å²) < 4.78 is 0. The normalized spacial score (nSPS) is 26.8. The third-order valence-electron chi connectivity index (χ3n) is 4.22. The Morgan fingerprint density at radius 3 is 2.78 bits per heavy atom. The first-order valence-electron chi connectivity index (χ1n) is 8.10. The largest absolute Gasteiger partial charge is 0.377 e. The molecule has 2 saturated heterocycles. The Labute approximate surface area is 137 Å². The van der Waals surface area contributed by atoms with Crippen molar-refractivity contribution in [2.24, 2.45) is 0 Å². The Morgan fingerprint density at radius 2 is 2.09 bits per heavy atom. The lowest BCUT2D eigenvalue weighted by Gasteiger charge is -2.40. The van der Waals surface area contributed by atoms with E-state index in [4.69, 9.17) is 0 Å². The van der Waals surface area contributed by atoms with E-state index < -0.39 is 12.3 Å². The van der Waals surface area contributed by atoms with Crippen LogP contribution in [-0.4, -0.2) is 52.3 Å². The average molecular weight is 319 g/mol. The van der Waals surface area contributed by atoms with Gasteiger partial charge in [0.05, 0.1) is 0 Å². The highest BCUT2D eigenvalue weighted by molar-refractivity contribution is 5.99. The molecule has 23 heavy (non-hydrogen) atoms. The highest BCUT2D eigenvalue weighted by atomic mass is 16.3. The van der Waals surface area contributed by atoms with Gasteiger partial charge in [-0.25, -0.2) is 0 Å². The Morgan fingerprint density at radius 1 is 1.35 bits per heavy atom. The van der Waals surface area contributed by atoms with E-state index in [1.807, 2.05) is 0 Å². The van der Waals surface area contributed by atoms with Gasteiger partial charge < -0.3 is 10.4 Å². The van der Waals surface area contributed by atoms with Crippen LogP contribution in [0.25, 0.3) is 0 Å². The molecule has 2 N–H and O–H groups in total. The number of hydrogen-bond donors (Lipinski definition) is 2. The van der Waals surface area contributed by atoms with Crippen LogP contribution in [0.4, 0.5) is 0 Å². The van der Waals surface area contributed by atoms with E-state index in [1.54, 1.807) is 41.2 Å². The summed E-state index contributed by atoms with van der Waals surface area (Å²) >= 11 is 0. The second kappa shape index (κ2) is 8.08. The van der Waals surface area contributed by atoms with Crippen molar-refractivity contribution in [3.05, 3.63) is 36.5 Å². The molecule has 2 aliphatic heterocycles. The summed E-state index contributed by atoms with van der Waals surface area (Å²) in [7, 11) is 0. The van der Waals surface area contributed by atoms with Gasteiger partial charge in [-0.15, -0.1) is 0 Å². The SMILES string of the molecule is C=C/C=C\C(=C/C)C(=O)NC1CCC(O)N2CCCCN2C1=O. The van der Waals surface area contributed by atoms with Gasteiger partial charge in [-0.05, 0) is 38.7 Å². The summed E-state index contributed by atoms with van der Waals surface area (Å²) in [5, 5.41) is 16.3. The molecule has 2 atom stereocenters. The maximum atomic E-state index is 12.7. The number of carbonyl (C=O) groups is 2. The topological polar surface area (TPSA) is 72.9 Å². The van der Waals surface area contributed by atoms with Crippen LogP contribution >= 0.6 is 0 Å². The number of hydrogen-bond acceptors (Lipinski definition) is 4. The summed E-state index contributed by atoms with van der Waals surface area (Å²) in [5.74, 6) is -0.429. The van der Waals surface area contributed by atoms with Crippen molar-refractivity contribution >= 4 is 11.8 Å². The minimum absolute atomic E-state index is 0.141. The molecule has 2 unspecified atom stereocenters. The van der Waals surface area contributed by atoms with Crippen LogP contribution < -0.4 is 5.32 Å². The number of nitrogens with zero attached hydrogens (tertiary/aromatic N) is 2. The van der Waals surface area contributed by atoms with Crippen molar-refractivity contribution in [1.82, 2.24) is 15.3 Å². The van der Waals surface area contributed by atoms with Crippen molar-refractivity contribution in [1.29, 1.82) is 0 Å². The summed E-state index contributed by atoms with van der Waals surface area (Å²) in [5.41, 5.74) is 0.484. The standard InChI is InChI=1S/C17H25N3O3/c1-3-5-8-13(4-2)16(22)18-14-9-10-15(21)19-11-6-7-12-20(19)17(14)23/h3-5,8,14-15,21H,1,6-7,9-12H2,2H3,(H,18,22)/b8-5-,13-4+. The number of rotatable bonds is 4. The first kappa shape index (κ1) is 17.4. The molecule has 0 saturated carbocycles. The van der Waals surface area contributed by atoms with Gasteiger partial charge in [0.15, 0.2) is 0 Å². The number of hydrazine groups is 1. The van der Waals surface area contributed by atoms with E-state index >= 15 is 0 Å². The number of allylic oxidation sites excluding steroid dienone is 3. The first-order valence-corrected chi connectivity index (χ1v) is 8.10. The summed E-state index contributed by atoms with van der Waals surface area (Å²) in [6.45, 7) is 6.62. The van der Waals surface area contributed by atoms with Gasteiger partial charge in [0.2, 0.25) is 0 Å². The quantitative estimate of drug-likeness (QED) is 0.601. The van der Waals surface area contributed by atoms with Crippen LogP contribution in [-0.2, 0) is 9.59 Å². The Hall–Kier alpha value is -1.92. The van der Waals surface area contributed by atoms with Crippen LogP contribution in [0.1, 0.15) is 32.6 Å². The van der Waals surface area contributed by atoms with Crippen LogP contribution in [0, 0.1) is 0 Å². The lowest BCUT2D eigenvalue weighted by molar-refractivity contribution is -0.176. The zero-order valence-corrected chi connectivity index (χ0v) is 13.6. The number of amides is 2. The molecule has 0 spiro atoms. The predicted molar refractivity (Wildman–Crippen MR) is 87.9 cm³/mol. The highest BCUT2D eigenvalue weighted by Gasteiger charge is 2.37.